The second kappa shape index (κ2) is 5.67. The number of rotatable bonds is 2. The van der Waals surface area contributed by atoms with Crippen molar-refractivity contribution in [1.82, 2.24) is 20.0 Å². The van der Waals surface area contributed by atoms with E-state index >= 15 is 0 Å². The zero-order valence-corrected chi connectivity index (χ0v) is 15.6. The van der Waals surface area contributed by atoms with Gasteiger partial charge in [0.1, 0.15) is 6.10 Å². The largest absolute Gasteiger partial charge is 0.343 e. The van der Waals surface area contributed by atoms with Gasteiger partial charge in [-0.05, 0) is 24.8 Å². The number of benzene rings is 1. The van der Waals surface area contributed by atoms with E-state index in [2.05, 4.69) is 10.2 Å². The predicted octanol–water partition coefficient (Wildman–Crippen LogP) is 1.81. The van der Waals surface area contributed by atoms with Crippen LogP contribution >= 0.6 is 0 Å². The Bertz CT molecular complexity index is 971. The maximum Gasteiger partial charge on any atom is 0.275 e. The maximum atomic E-state index is 13.3. The highest BCUT2D eigenvalue weighted by Gasteiger charge is 2.65. The Morgan fingerprint density at radius 1 is 1.25 bits per heavy atom. The molecule has 1 aromatic heterocycles. The lowest BCUT2D eigenvalue weighted by molar-refractivity contribution is -0.138. The van der Waals surface area contributed by atoms with Gasteiger partial charge in [0.2, 0.25) is 5.91 Å². The van der Waals surface area contributed by atoms with Crippen molar-refractivity contribution >= 4 is 11.8 Å². The van der Waals surface area contributed by atoms with Crippen molar-refractivity contribution in [3.05, 3.63) is 52.8 Å². The van der Waals surface area contributed by atoms with Crippen LogP contribution in [0.4, 0.5) is 0 Å². The Balaban J connectivity index is 1.31. The average molecular weight is 378 g/mol. The highest BCUT2D eigenvalue weighted by molar-refractivity contribution is 5.96. The van der Waals surface area contributed by atoms with Crippen molar-refractivity contribution in [3.8, 4) is 0 Å². The summed E-state index contributed by atoms with van der Waals surface area (Å²) in [5.74, 6) is 0.0101. The summed E-state index contributed by atoms with van der Waals surface area (Å²) in [6.45, 7) is 1.15. The third-order valence-corrected chi connectivity index (χ3v) is 6.87. The number of carbonyl (C=O) groups excluding carboxylic acids is 2. The van der Waals surface area contributed by atoms with Crippen molar-refractivity contribution in [2.75, 3.05) is 13.1 Å². The smallest absolute Gasteiger partial charge is 0.275 e. The molecule has 6 rings (SSSR count). The van der Waals surface area contributed by atoms with Crippen LogP contribution < -0.4 is 0 Å². The molecule has 3 atom stereocenters. The Morgan fingerprint density at radius 2 is 2.11 bits per heavy atom. The minimum atomic E-state index is -0.688. The third kappa shape index (κ3) is 2.05. The molecule has 4 aliphatic rings. The van der Waals surface area contributed by atoms with Crippen molar-refractivity contribution in [3.63, 3.8) is 0 Å². The molecule has 1 spiro atoms. The van der Waals surface area contributed by atoms with Gasteiger partial charge in [-0.3, -0.25) is 14.7 Å². The van der Waals surface area contributed by atoms with Gasteiger partial charge < -0.3 is 14.5 Å². The second-order valence-corrected chi connectivity index (χ2v) is 8.22. The van der Waals surface area contributed by atoms with Crippen LogP contribution in [0.2, 0.25) is 0 Å². The molecule has 1 aromatic carbocycles. The summed E-state index contributed by atoms with van der Waals surface area (Å²) in [5, 5.41) is 7.33. The Labute approximate surface area is 162 Å². The Kier molecular flexibility index (Phi) is 3.30. The van der Waals surface area contributed by atoms with Gasteiger partial charge in [-0.25, -0.2) is 0 Å². The number of nitrogens with one attached hydrogen (secondary N) is 1. The number of fused-ring (bicyclic) bond motifs is 1. The van der Waals surface area contributed by atoms with Gasteiger partial charge in [-0.2, -0.15) is 5.10 Å². The first-order chi connectivity index (χ1) is 13.7. The SMILES string of the molecule is O=C(c1n[nH]c2c1CCC2)N1CC[C@@]23O[C@H](c4ccccc4)CN2C(=O)C[C@@H]13. The molecule has 1 aliphatic carbocycles. The number of likely N-dealkylation sites (tertiary alicyclic amines) is 1. The molecule has 0 radical (unpaired) electrons. The Hall–Kier alpha value is -2.67. The molecule has 2 aromatic rings. The van der Waals surface area contributed by atoms with Gasteiger partial charge >= 0.3 is 0 Å². The maximum absolute atomic E-state index is 13.3. The molecule has 2 amide bonds. The monoisotopic (exact) mass is 378 g/mol. The van der Waals surface area contributed by atoms with E-state index in [1.807, 2.05) is 40.1 Å². The van der Waals surface area contributed by atoms with Crippen molar-refractivity contribution in [2.24, 2.45) is 0 Å². The van der Waals surface area contributed by atoms with Gasteiger partial charge in [0.25, 0.3) is 5.91 Å². The summed E-state index contributed by atoms with van der Waals surface area (Å²) in [6.07, 6.45) is 3.76. The molecular formula is C21H22N4O3. The van der Waals surface area contributed by atoms with Gasteiger partial charge in [0.15, 0.2) is 11.4 Å². The number of carbonyl (C=O) groups is 2. The number of nitrogens with zero attached hydrogens (tertiary/aromatic N) is 3. The van der Waals surface area contributed by atoms with Gasteiger partial charge in [0.05, 0.1) is 19.0 Å². The fraction of sp³-hybridized carbons (Fsp3) is 0.476. The molecule has 7 heteroatoms. The lowest BCUT2D eigenvalue weighted by Crippen LogP contribution is -2.49. The average Bonchev–Trinajstić information content (AvgIpc) is 3.47. The fourth-order valence-corrected chi connectivity index (χ4v) is 5.54. The first-order valence-electron chi connectivity index (χ1n) is 10.1. The lowest BCUT2D eigenvalue weighted by atomic mass is 10.1. The second-order valence-electron chi connectivity index (χ2n) is 8.22. The highest BCUT2D eigenvalue weighted by atomic mass is 16.5. The molecule has 3 fully saturated rings. The predicted molar refractivity (Wildman–Crippen MR) is 99.4 cm³/mol. The zero-order valence-electron chi connectivity index (χ0n) is 15.6. The molecule has 144 valence electrons. The quantitative estimate of drug-likeness (QED) is 0.865. The number of aromatic amines is 1. The summed E-state index contributed by atoms with van der Waals surface area (Å²) in [6, 6.07) is 9.78. The van der Waals surface area contributed by atoms with E-state index in [0.717, 1.165) is 36.1 Å². The standard InChI is InChI=1S/C21H22N4O3/c26-18-11-17-21(25(18)12-16(28-21)13-5-2-1-3-6-13)9-10-24(17)20(27)19-14-7-4-8-15(14)22-23-19/h1-3,5-6,16-17H,4,7-12H2,(H,22,23)/t16-,17+,21-/m0/s1. The molecule has 0 saturated carbocycles. The van der Waals surface area contributed by atoms with Crippen molar-refractivity contribution in [2.45, 2.75) is 50.0 Å². The van der Waals surface area contributed by atoms with Crippen molar-refractivity contribution in [1.29, 1.82) is 0 Å². The number of hydrogen-bond donors (Lipinski definition) is 1. The topological polar surface area (TPSA) is 78.5 Å². The summed E-state index contributed by atoms with van der Waals surface area (Å²) >= 11 is 0. The molecular weight excluding hydrogens is 356 g/mol. The molecule has 1 N–H and O–H groups in total. The van der Waals surface area contributed by atoms with Crippen LogP contribution in [-0.4, -0.2) is 56.7 Å². The van der Waals surface area contributed by atoms with Crippen molar-refractivity contribution < 1.29 is 14.3 Å². The van der Waals surface area contributed by atoms with E-state index in [1.54, 1.807) is 0 Å². The summed E-state index contributed by atoms with van der Waals surface area (Å²) < 4.78 is 6.53. The fourth-order valence-electron chi connectivity index (χ4n) is 5.54. The molecule has 7 nitrogen and oxygen atoms in total. The summed E-state index contributed by atoms with van der Waals surface area (Å²) in [4.78, 5) is 29.8. The van der Waals surface area contributed by atoms with Gasteiger partial charge in [0, 0.05) is 24.2 Å². The number of H-pyrrole nitrogens is 1. The van der Waals surface area contributed by atoms with Crippen LogP contribution in [0.1, 0.15) is 52.7 Å². The van der Waals surface area contributed by atoms with E-state index in [4.69, 9.17) is 4.74 Å². The normalized spacial score (nSPS) is 30.6. The van der Waals surface area contributed by atoms with Crippen LogP contribution in [0, 0.1) is 0 Å². The van der Waals surface area contributed by atoms with E-state index < -0.39 is 5.72 Å². The Morgan fingerprint density at radius 3 is 2.96 bits per heavy atom. The molecule has 0 unspecified atom stereocenters. The minimum Gasteiger partial charge on any atom is -0.343 e. The number of ether oxygens (including phenoxy) is 1. The van der Waals surface area contributed by atoms with Crippen LogP contribution in [-0.2, 0) is 22.4 Å². The molecule has 3 saturated heterocycles. The van der Waals surface area contributed by atoms with E-state index in [0.29, 0.717) is 31.6 Å². The van der Waals surface area contributed by atoms with Gasteiger partial charge in [-0.15, -0.1) is 0 Å². The van der Waals surface area contributed by atoms with E-state index in [1.165, 1.54) is 0 Å². The van der Waals surface area contributed by atoms with Crippen LogP contribution in [0.5, 0.6) is 0 Å². The number of aryl methyl sites for hydroxylation is 1. The molecule has 28 heavy (non-hydrogen) atoms. The van der Waals surface area contributed by atoms with Crippen LogP contribution in [0.25, 0.3) is 0 Å². The molecule has 0 bridgehead atoms. The van der Waals surface area contributed by atoms with Crippen LogP contribution in [0.15, 0.2) is 30.3 Å². The molecule has 3 aliphatic heterocycles. The van der Waals surface area contributed by atoms with E-state index in [9.17, 15) is 9.59 Å². The van der Waals surface area contributed by atoms with Gasteiger partial charge in [-0.1, -0.05) is 30.3 Å². The first kappa shape index (κ1) is 16.3. The highest BCUT2D eigenvalue weighted by Crippen LogP contribution is 2.51. The number of amides is 2. The summed E-state index contributed by atoms with van der Waals surface area (Å²) in [5.41, 5.74) is 3.07. The minimum absolute atomic E-state index is 0.0670. The lowest BCUT2D eigenvalue weighted by Gasteiger charge is -2.31. The zero-order chi connectivity index (χ0) is 18.9. The molecule has 4 heterocycles. The van der Waals surface area contributed by atoms with E-state index in [-0.39, 0.29) is 24.0 Å². The number of aromatic nitrogens is 2. The van der Waals surface area contributed by atoms with Crippen LogP contribution in [0.3, 0.4) is 0 Å². The first-order valence-corrected chi connectivity index (χ1v) is 10.1. The summed E-state index contributed by atoms with van der Waals surface area (Å²) in [7, 11) is 0. The number of hydrogen-bond acceptors (Lipinski definition) is 4. The third-order valence-electron chi connectivity index (χ3n) is 6.87.